The zero-order valence-electron chi connectivity index (χ0n) is 12.4. The fourth-order valence-corrected chi connectivity index (χ4v) is 2.96. The molecule has 5 nitrogen and oxygen atoms in total. The molecule has 0 saturated carbocycles. The molecular formula is C13H25N5S. The van der Waals surface area contributed by atoms with Crippen LogP contribution in [0.3, 0.4) is 0 Å². The van der Waals surface area contributed by atoms with Gasteiger partial charge in [-0.3, -0.25) is 0 Å². The predicted molar refractivity (Wildman–Crippen MR) is 80.9 cm³/mol. The highest BCUT2D eigenvalue weighted by atomic mass is 32.1. The van der Waals surface area contributed by atoms with Gasteiger partial charge in [0.15, 0.2) is 0 Å². The van der Waals surface area contributed by atoms with Gasteiger partial charge in [0.1, 0.15) is 5.82 Å². The molecule has 19 heavy (non-hydrogen) atoms. The summed E-state index contributed by atoms with van der Waals surface area (Å²) in [7, 11) is 2.20. The van der Waals surface area contributed by atoms with Crippen molar-refractivity contribution in [2.75, 3.05) is 45.1 Å². The van der Waals surface area contributed by atoms with E-state index in [4.69, 9.17) is 0 Å². The Morgan fingerprint density at radius 3 is 2.53 bits per heavy atom. The van der Waals surface area contributed by atoms with E-state index in [0.717, 1.165) is 23.9 Å². The molecule has 1 aliphatic rings. The van der Waals surface area contributed by atoms with Crippen molar-refractivity contribution >= 4 is 16.7 Å². The molecule has 1 aliphatic heterocycles. The molecule has 0 bridgehead atoms. The van der Waals surface area contributed by atoms with Crippen LogP contribution in [0.4, 0.5) is 5.13 Å². The number of piperazine rings is 1. The first-order valence-corrected chi connectivity index (χ1v) is 7.71. The van der Waals surface area contributed by atoms with E-state index in [1.165, 1.54) is 37.7 Å². The second-order valence-corrected chi connectivity index (χ2v) is 6.80. The van der Waals surface area contributed by atoms with Crippen molar-refractivity contribution in [2.24, 2.45) is 0 Å². The molecule has 0 aliphatic carbocycles. The number of hydrogen-bond acceptors (Lipinski definition) is 6. The maximum atomic E-state index is 4.38. The molecule has 0 aromatic carbocycles. The molecule has 108 valence electrons. The largest absolute Gasteiger partial charge is 0.355 e. The smallest absolute Gasteiger partial charge is 0.202 e. The topological polar surface area (TPSA) is 44.3 Å². The van der Waals surface area contributed by atoms with Crippen LogP contribution in [0.25, 0.3) is 0 Å². The van der Waals surface area contributed by atoms with E-state index in [1.54, 1.807) is 0 Å². The van der Waals surface area contributed by atoms with Gasteiger partial charge < -0.3 is 15.1 Å². The maximum absolute atomic E-state index is 4.38. The molecule has 0 atom stereocenters. The molecule has 2 rings (SSSR count). The van der Waals surface area contributed by atoms with E-state index in [2.05, 4.69) is 45.4 Å². The van der Waals surface area contributed by atoms with Gasteiger partial charge in [-0.05, 0) is 34.2 Å². The third-order valence-electron chi connectivity index (χ3n) is 3.62. The maximum Gasteiger partial charge on any atom is 0.202 e. The van der Waals surface area contributed by atoms with Crippen molar-refractivity contribution in [1.82, 2.24) is 19.2 Å². The highest BCUT2D eigenvalue weighted by molar-refractivity contribution is 7.09. The minimum Gasteiger partial charge on any atom is -0.355 e. The fraction of sp³-hybridized carbons (Fsp3) is 0.846. The van der Waals surface area contributed by atoms with Crippen molar-refractivity contribution in [3.63, 3.8) is 0 Å². The zero-order chi connectivity index (χ0) is 13.9. The van der Waals surface area contributed by atoms with Crippen LogP contribution < -0.4 is 5.32 Å². The summed E-state index contributed by atoms with van der Waals surface area (Å²) in [6, 6.07) is 0. The molecule has 1 fully saturated rings. The summed E-state index contributed by atoms with van der Waals surface area (Å²) in [5.41, 5.74) is 0.0648. The lowest BCUT2D eigenvalue weighted by molar-refractivity contribution is 0.147. The molecule has 6 heteroatoms. The van der Waals surface area contributed by atoms with E-state index in [1.807, 2.05) is 6.92 Å². The SMILES string of the molecule is Cc1nsc(NC(C)(C)CCN2CCN(C)CC2)n1. The lowest BCUT2D eigenvalue weighted by Crippen LogP contribution is -2.46. The lowest BCUT2D eigenvalue weighted by Gasteiger charge is -2.35. The van der Waals surface area contributed by atoms with Crippen molar-refractivity contribution in [3.05, 3.63) is 5.82 Å². The molecule has 0 spiro atoms. The number of hydrogen-bond donors (Lipinski definition) is 1. The Balaban J connectivity index is 1.77. The third-order valence-corrected chi connectivity index (χ3v) is 4.34. The summed E-state index contributed by atoms with van der Waals surface area (Å²) < 4.78 is 4.21. The molecule has 2 heterocycles. The van der Waals surface area contributed by atoms with Crippen LogP contribution in [-0.4, -0.2) is 64.5 Å². The Kier molecular flexibility index (Phi) is 4.76. The van der Waals surface area contributed by atoms with Gasteiger partial charge in [0, 0.05) is 49.8 Å². The quantitative estimate of drug-likeness (QED) is 0.890. The first-order chi connectivity index (χ1) is 8.94. The van der Waals surface area contributed by atoms with E-state index in [0.29, 0.717) is 0 Å². The van der Waals surface area contributed by atoms with Crippen LogP contribution in [0.1, 0.15) is 26.1 Å². The number of aromatic nitrogens is 2. The van der Waals surface area contributed by atoms with Gasteiger partial charge in [0.2, 0.25) is 5.13 Å². The molecule has 0 unspecified atom stereocenters. The molecule has 1 saturated heterocycles. The summed E-state index contributed by atoms with van der Waals surface area (Å²) in [6.45, 7) is 12.3. The summed E-state index contributed by atoms with van der Waals surface area (Å²) >= 11 is 1.45. The average molecular weight is 283 g/mol. The molecule has 1 N–H and O–H groups in total. The lowest BCUT2D eigenvalue weighted by atomic mass is 10.0. The number of nitrogens with zero attached hydrogens (tertiary/aromatic N) is 4. The number of rotatable bonds is 5. The number of aryl methyl sites for hydroxylation is 1. The van der Waals surface area contributed by atoms with Crippen LogP contribution in [0.2, 0.25) is 0 Å². The van der Waals surface area contributed by atoms with E-state index in [-0.39, 0.29) is 5.54 Å². The van der Waals surface area contributed by atoms with Crippen LogP contribution in [0, 0.1) is 6.92 Å². The highest BCUT2D eigenvalue weighted by Gasteiger charge is 2.22. The monoisotopic (exact) mass is 283 g/mol. The first-order valence-electron chi connectivity index (χ1n) is 6.94. The average Bonchev–Trinajstić information content (AvgIpc) is 2.73. The predicted octanol–water partition coefficient (Wildman–Crippen LogP) is 1.67. The van der Waals surface area contributed by atoms with Gasteiger partial charge >= 0.3 is 0 Å². The van der Waals surface area contributed by atoms with Gasteiger partial charge in [-0.1, -0.05) is 0 Å². The minimum absolute atomic E-state index is 0.0648. The van der Waals surface area contributed by atoms with Gasteiger partial charge in [0.25, 0.3) is 0 Å². The zero-order valence-corrected chi connectivity index (χ0v) is 13.3. The van der Waals surface area contributed by atoms with Crippen molar-refractivity contribution in [3.8, 4) is 0 Å². The second kappa shape index (κ2) is 6.15. The summed E-state index contributed by atoms with van der Waals surface area (Å²) in [4.78, 5) is 9.32. The Morgan fingerprint density at radius 2 is 1.95 bits per heavy atom. The Labute approximate surface area is 120 Å². The second-order valence-electron chi connectivity index (χ2n) is 6.05. The fourth-order valence-electron chi connectivity index (χ4n) is 2.21. The van der Waals surface area contributed by atoms with Crippen molar-refractivity contribution in [1.29, 1.82) is 0 Å². The molecule has 0 radical (unpaired) electrons. The van der Waals surface area contributed by atoms with Crippen LogP contribution in [0.5, 0.6) is 0 Å². The van der Waals surface area contributed by atoms with Crippen LogP contribution in [-0.2, 0) is 0 Å². The van der Waals surface area contributed by atoms with Crippen molar-refractivity contribution < 1.29 is 0 Å². The summed E-state index contributed by atoms with van der Waals surface area (Å²) in [5.74, 6) is 0.849. The van der Waals surface area contributed by atoms with E-state index < -0.39 is 0 Å². The third kappa shape index (κ3) is 4.71. The number of nitrogens with one attached hydrogen (secondary N) is 1. The first kappa shape index (κ1) is 14.7. The van der Waals surface area contributed by atoms with Crippen LogP contribution >= 0.6 is 11.5 Å². The Morgan fingerprint density at radius 1 is 1.26 bits per heavy atom. The normalized spacial score (nSPS) is 18.7. The molecular weight excluding hydrogens is 258 g/mol. The van der Waals surface area contributed by atoms with Crippen LogP contribution in [0.15, 0.2) is 0 Å². The highest BCUT2D eigenvalue weighted by Crippen LogP contribution is 2.20. The Hall–Kier alpha value is -0.720. The number of likely N-dealkylation sites (N-methyl/N-ethyl adjacent to an activating group) is 1. The van der Waals surface area contributed by atoms with E-state index >= 15 is 0 Å². The van der Waals surface area contributed by atoms with Gasteiger partial charge in [0.05, 0.1) is 0 Å². The van der Waals surface area contributed by atoms with Gasteiger partial charge in [-0.15, -0.1) is 0 Å². The van der Waals surface area contributed by atoms with Gasteiger partial charge in [-0.25, -0.2) is 4.98 Å². The molecule has 1 aromatic heterocycles. The van der Waals surface area contributed by atoms with Gasteiger partial charge in [-0.2, -0.15) is 4.37 Å². The number of anilines is 1. The van der Waals surface area contributed by atoms with Crippen molar-refractivity contribution in [2.45, 2.75) is 32.7 Å². The Bertz CT molecular complexity index is 395. The molecule has 0 amide bonds. The summed E-state index contributed by atoms with van der Waals surface area (Å²) in [5, 5.41) is 4.43. The summed E-state index contributed by atoms with van der Waals surface area (Å²) in [6.07, 6.45) is 1.12. The minimum atomic E-state index is 0.0648. The van der Waals surface area contributed by atoms with E-state index in [9.17, 15) is 0 Å². The molecule has 1 aromatic rings. The standard InChI is InChI=1S/C13H25N5S/c1-11-14-12(19-16-11)15-13(2,3)5-6-18-9-7-17(4)8-10-18/h5-10H2,1-4H3,(H,14,15,16).